The number of carbonyl (C=O) groups excluding carboxylic acids is 1. The number of carbonyl (C=O) groups is 1. The van der Waals surface area contributed by atoms with Crippen LogP contribution in [0.3, 0.4) is 0 Å². The summed E-state index contributed by atoms with van der Waals surface area (Å²) in [6.45, 7) is 1.82. The predicted octanol–water partition coefficient (Wildman–Crippen LogP) is 4.13. The van der Waals surface area contributed by atoms with Crippen LogP contribution >= 0.6 is 0 Å². The first-order valence-corrected chi connectivity index (χ1v) is 11.1. The zero-order chi connectivity index (χ0) is 23.3. The maximum absolute atomic E-state index is 13.0. The highest BCUT2D eigenvalue weighted by Gasteiger charge is 2.17. The van der Waals surface area contributed by atoms with Crippen LogP contribution in [0.25, 0.3) is 0 Å². The molecular formula is C23H23FN2O5S. The molecule has 3 aromatic carbocycles. The number of benzene rings is 3. The molecule has 1 amide bonds. The first-order valence-electron chi connectivity index (χ1n) is 9.64. The molecular weight excluding hydrogens is 435 g/mol. The number of halogens is 1. The zero-order valence-electron chi connectivity index (χ0n) is 17.8. The number of nitrogens with one attached hydrogen (secondary N) is 2. The third kappa shape index (κ3) is 5.36. The molecule has 1 atom stereocenters. The van der Waals surface area contributed by atoms with E-state index in [-0.39, 0.29) is 22.5 Å². The van der Waals surface area contributed by atoms with E-state index >= 15 is 0 Å². The van der Waals surface area contributed by atoms with Gasteiger partial charge in [0.15, 0.2) is 0 Å². The Morgan fingerprint density at radius 2 is 1.59 bits per heavy atom. The Morgan fingerprint density at radius 3 is 2.19 bits per heavy atom. The van der Waals surface area contributed by atoms with Gasteiger partial charge >= 0.3 is 0 Å². The van der Waals surface area contributed by atoms with Gasteiger partial charge in [-0.25, -0.2) is 12.8 Å². The van der Waals surface area contributed by atoms with Crippen LogP contribution in [-0.4, -0.2) is 28.5 Å². The maximum Gasteiger partial charge on any atom is 0.261 e. The summed E-state index contributed by atoms with van der Waals surface area (Å²) in [5.74, 6) is 0.388. The van der Waals surface area contributed by atoms with Gasteiger partial charge in [-0.2, -0.15) is 0 Å². The Hall–Kier alpha value is -3.59. The van der Waals surface area contributed by atoms with Crippen LogP contribution in [0.4, 0.5) is 10.1 Å². The van der Waals surface area contributed by atoms with Crippen LogP contribution in [0, 0.1) is 5.82 Å². The molecule has 0 fully saturated rings. The van der Waals surface area contributed by atoms with Gasteiger partial charge in [0.2, 0.25) is 0 Å². The van der Waals surface area contributed by atoms with Crippen LogP contribution in [0.5, 0.6) is 11.5 Å². The van der Waals surface area contributed by atoms with Crippen LogP contribution < -0.4 is 19.5 Å². The second kappa shape index (κ2) is 9.69. The molecule has 0 saturated carbocycles. The fourth-order valence-electron chi connectivity index (χ4n) is 3.05. The Balaban J connectivity index is 1.71. The van der Waals surface area contributed by atoms with Gasteiger partial charge in [-0.15, -0.1) is 0 Å². The summed E-state index contributed by atoms with van der Waals surface area (Å²) in [6, 6.07) is 15.4. The molecule has 2 N–H and O–H groups in total. The van der Waals surface area contributed by atoms with Crippen molar-refractivity contribution < 1.29 is 27.1 Å². The summed E-state index contributed by atoms with van der Waals surface area (Å²) < 4.78 is 50.9. The summed E-state index contributed by atoms with van der Waals surface area (Å²) in [5.41, 5.74) is 1.38. The molecule has 0 aliphatic rings. The van der Waals surface area contributed by atoms with E-state index in [1.807, 2.05) is 6.92 Å². The summed E-state index contributed by atoms with van der Waals surface area (Å²) in [7, 11) is -0.772. The topological polar surface area (TPSA) is 93.7 Å². The zero-order valence-corrected chi connectivity index (χ0v) is 18.6. The molecule has 0 heterocycles. The van der Waals surface area contributed by atoms with Gasteiger partial charge in [0, 0.05) is 16.8 Å². The lowest BCUT2D eigenvalue weighted by Gasteiger charge is -2.18. The van der Waals surface area contributed by atoms with E-state index in [1.165, 1.54) is 36.4 Å². The fourth-order valence-corrected chi connectivity index (χ4v) is 4.11. The molecule has 0 saturated heterocycles. The summed E-state index contributed by atoms with van der Waals surface area (Å²) >= 11 is 0. The molecule has 32 heavy (non-hydrogen) atoms. The van der Waals surface area contributed by atoms with E-state index in [1.54, 1.807) is 32.4 Å². The van der Waals surface area contributed by atoms with Gasteiger partial charge in [0.1, 0.15) is 17.3 Å². The molecule has 0 aliphatic heterocycles. The van der Waals surface area contributed by atoms with Gasteiger partial charge in [-0.1, -0.05) is 0 Å². The van der Waals surface area contributed by atoms with Crippen LogP contribution in [-0.2, 0) is 10.0 Å². The van der Waals surface area contributed by atoms with Crippen molar-refractivity contribution in [3.05, 3.63) is 83.7 Å². The van der Waals surface area contributed by atoms with E-state index in [0.717, 1.165) is 17.7 Å². The average molecular weight is 459 g/mol. The first-order chi connectivity index (χ1) is 15.2. The molecule has 9 heteroatoms. The number of hydrogen-bond acceptors (Lipinski definition) is 5. The number of amides is 1. The molecule has 0 bridgehead atoms. The lowest BCUT2D eigenvalue weighted by Crippen LogP contribution is -2.27. The Morgan fingerprint density at radius 1 is 0.938 bits per heavy atom. The number of hydrogen-bond donors (Lipinski definition) is 2. The van der Waals surface area contributed by atoms with Gasteiger partial charge in [0.05, 0.1) is 25.2 Å². The van der Waals surface area contributed by atoms with Crippen LogP contribution in [0.15, 0.2) is 71.6 Å². The van der Waals surface area contributed by atoms with E-state index in [9.17, 15) is 17.6 Å². The first kappa shape index (κ1) is 23.1. The van der Waals surface area contributed by atoms with E-state index in [0.29, 0.717) is 17.1 Å². The average Bonchev–Trinajstić information content (AvgIpc) is 2.79. The monoisotopic (exact) mass is 458 g/mol. The summed E-state index contributed by atoms with van der Waals surface area (Å²) in [5, 5.41) is 2.89. The molecule has 7 nitrogen and oxygen atoms in total. The number of anilines is 1. The molecule has 0 radical (unpaired) electrons. The minimum atomic E-state index is -3.88. The number of sulfonamides is 1. The van der Waals surface area contributed by atoms with Gasteiger partial charge in [-0.3, -0.25) is 9.52 Å². The predicted molar refractivity (Wildman–Crippen MR) is 119 cm³/mol. The highest BCUT2D eigenvalue weighted by Crippen LogP contribution is 2.29. The fraction of sp³-hybridized carbons (Fsp3) is 0.174. The summed E-state index contributed by atoms with van der Waals surface area (Å²) in [4.78, 5) is 12.6. The summed E-state index contributed by atoms with van der Waals surface area (Å²) in [6.07, 6.45) is 0. The molecule has 0 spiro atoms. The molecule has 3 rings (SSSR count). The number of rotatable bonds is 8. The number of ether oxygens (including phenoxy) is 2. The third-order valence-corrected chi connectivity index (χ3v) is 6.17. The second-order valence-corrected chi connectivity index (χ2v) is 8.62. The highest BCUT2D eigenvalue weighted by atomic mass is 32.2. The van der Waals surface area contributed by atoms with Crippen molar-refractivity contribution in [2.45, 2.75) is 17.9 Å². The molecule has 168 valence electrons. The molecule has 0 unspecified atom stereocenters. The van der Waals surface area contributed by atoms with Crippen LogP contribution in [0.2, 0.25) is 0 Å². The van der Waals surface area contributed by atoms with E-state index in [2.05, 4.69) is 10.0 Å². The van der Waals surface area contributed by atoms with Crippen LogP contribution in [0.1, 0.15) is 28.9 Å². The quantitative estimate of drug-likeness (QED) is 0.529. The van der Waals surface area contributed by atoms with Gasteiger partial charge in [-0.05, 0) is 73.7 Å². The van der Waals surface area contributed by atoms with Gasteiger partial charge in [0.25, 0.3) is 15.9 Å². The Labute approximate surface area is 186 Å². The normalized spacial score (nSPS) is 12.0. The van der Waals surface area contributed by atoms with Crippen molar-refractivity contribution in [3.63, 3.8) is 0 Å². The van der Waals surface area contributed by atoms with Crippen molar-refractivity contribution in [1.29, 1.82) is 0 Å². The van der Waals surface area contributed by atoms with Gasteiger partial charge < -0.3 is 14.8 Å². The van der Waals surface area contributed by atoms with Crippen molar-refractivity contribution in [2.75, 3.05) is 18.9 Å². The number of methoxy groups -OCH3 is 2. The van der Waals surface area contributed by atoms with E-state index in [4.69, 9.17) is 9.47 Å². The largest absolute Gasteiger partial charge is 0.497 e. The van der Waals surface area contributed by atoms with Crippen molar-refractivity contribution in [2.24, 2.45) is 0 Å². The molecule has 0 aliphatic carbocycles. The Kier molecular flexibility index (Phi) is 6.99. The second-order valence-electron chi connectivity index (χ2n) is 6.94. The maximum atomic E-state index is 13.0. The lowest BCUT2D eigenvalue weighted by molar-refractivity contribution is 0.0939. The van der Waals surface area contributed by atoms with Crippen molar-refractivity contribution in [1.82, 2.24) is 5.32 Å². The van der Waals surface area contributed by atoms with Crippen molar-refractivity contribution >= 4 is 21.6 Å². The third-order valence-electron chi connectivity index (χ3n) is 4.77. The van der Waals surface area contributed by atoms with E-state index < -0.39 is 15.8 Å². The molecule has 0 aromatic heterocycles. The lowest BCUT2D eigenvalue weighted by atomic mass is 10.1. The van der Waals surface area contributed by atoms with Crippen molar-refractivity contribution in [3.8, 4) is 11.5 Å². The minimum absolute atomic E-state index is 0.0678. The standard InChI is InChI=1S/C23H23FN2O5S/c1-15(21-14-19(30-2)10-13-22(21)31-3)25-23(27)16-4-8-18(9-5-16)26-32(28,29)20-11-6-17(24)7-12-20/h4-15,26H,1-3H3,(H,25,27)/t15-/m0/s1. The molecule has 3 aromatic rings. The Bertz CT molecular complexity index is 1200. The highest BCUT2D eigenvalue weighted by molar-refractivity contribution is 7.92. The minimum Gasteiger partial charge on any atom is -0.497 e. The smallest absolute Gasteiger partial charge is 0.261 e. The SMILES string of the molecule is COc1ccc(OC)c([C@H](C)NC(=O)c2ccc(NS(=O)(=O)c3ccc(F)cc3)cc2)c1.